The standard InChI is InChI=1S/C16H23NO6/c1-11(2)7-5-4-6-8-23-15-10-14(22-3)12(16(18)19)9-13(15)17(20)21/h9-11H,4-8H2,1-3H3,(H,18,19). The Labute approximate surface area is 135 Å². The maximum Gasteiger partial charge on any atom is 0.339 e. The van der Waals surface area contributed by atoms with Gasteiger partial charge in [-0.3, -0.25) is 10.1 Å². The molecule has 0 aliphatic heterocycles. The van der Waals surface area contributed by atoms with Crippen LogP contribution in [0.2, 0.25) is 0 Å². The first-order valence-corrected chi connectivity index (χ1v) is 7.59. The largest absolute Gasteiger partial charge is 0.496 e. The van der Waals surface area contributed by atoms with Crippen LogP contribution in [0.5, 0.6) is 11.5 Å². The van der Waals surface area contributed by atoms with Gasteiger partial charge in [0.25, 0.3) is 0 Å². The molecule has 0 aliphatic rings. The fraction of sp³-hybridized carbons (Fsp3) is 0.562. The Morgan fingerprint density at radius 1 is 1.26 bits per heavy atom. The lowest BCUT2D eigenvalue weighted by Crippen LogP contribution is -2.06. The Morgan fingerprint density at radius 2 is 1.96 bits per heavy atom. The first-order chi connectivity index (χ1) is 10.9. The molecule has 0 atom stereocenters. The molecule has 7 heteroatoms. The summed E-state index contributed by atoms with van der Waals surface area (Å²) in [7, 11) is 1.31. The van der Waals surface area contributed by atoms with E-state index in [0.717, 1.165) is 31.7 Å². The van der Waals surface area contributed by atoms with Crippen molar-refractivity contribution in [3.8, 4) is 11.5 Å². The second kappa shape index (κ2) is 8.97. The van der Waals surface area contributed by atoms with Crippen molar-refractivity contribution in [1.29, 1.82) is 0 Å². The Balaban J connectivity index is 2.77. The highest BCUT2D eigenvalue weighted by molar-refractivity contribution is 5.92. The van der Waals surface area contributed by atoms with E-state index in [9.17, 15) is 14.9 Å². The van der Waals surface area contributed by atoms with Crippen molar-refractivity contribution in [3.63, 3.8) is 0 Å². The van der Waals surface area contributed by atoms with Gasteiger partial charge in [0.05, 0.1) is 18.6 Å². The predicted molar refractivity (Wildman–Crippen MR) is 85.4 cm³/mol. The smallest absolute Gasteiger partial charge is 0.339 e. The average Bonchev–Trinajstić information content (AvgIpc) is 2.49. The molecule has 128 valence electrons. The number of nitrogens with zero attached hydrogens (tertiary/aromatic N) is 1. The van der Waals surface area contributed by atoms with Gasteiger partial charge in [0.1, 0.15) is 11.3 Å². The first-order valence-electron chi connectivity index (χ1n) is 7.59. The summed E-state index contributed by atoms with van der Waals surface area (Å²) in [6.07, 6.45) is 3.99. The van der Waals surface area contributed by atoms with Crippen LogP contribution in [0.25, 0.3) is 0 Å². The molecule has 0 fully saturated rings. The third-order valence-electron chi connectivity index (χ3n) is 3.39. The van der Waals surface area contributed by atoms with Crippen molar-refractivity contribution in [2.45, 2.75) is 39.5 Å². The third kappa shape index (κ3) is 5.77. The second-order valence-corrected chi connectivity index (χ2v) is 5.67. The number of nitro groups is 1. The molecule has 1 aromatic rings. The fourth-order valence-electron chi connectivity index (χ4n) is 2.16. The minimum atomic E-state index is -1.29. The number of nitro benzene ring substituents is 1. The quantitative estimate of drug-likeness (QED) is 0.398. The minimum Gasteiger partial charge on any atom is -0.496 e. The fourth-order valence-corrected chi connectivity index (χ4v) is 2.16. The summed E-state index contributed by atoms with van der Waals surface area (Å²) in [5.41, 5.74) is -0.631. The minimum absolute atomic E-state index is 0.0284. The van der Waals surface area contributed by atoms with Crippen LogP contribution >= 0.6 is 0 Å². The van der Waals surface area contributed by atoms with Crippen LogP contribution in [0.4, 0.5) is 5.69 Å². The molecule has 0 amide bonds. The molecular weight excluding hydrogens is 302 g/mol. The maximum atomic E-state index is 11.1. The second-order valence-electron chi connectivity index (χ2n) is 5.67. The highest BCUT2D eigenvalue weighted by atomic mass is 16.6. The number of carboxylic acids is 1. The average molecular weight is 325 g/mol. The van der Waals surface area contributed by atoms with Crippen molar-refractivity contribution >= 4 is 11.7 Å². The summed E-state index contributed by atoms with van der Waals surface area (Å²) in [5.74, 6) is -0.561. The lowest BCUT2D eigenvalue weighted by atomic mass is 10.1. The van der Waals surface area contributed by atoms with Crippen molar-refractivity contribution in [2.24, 2.45) is 5.92 Å². The molecule has 1 N–H and O–H groups in total. The summed E-state index contributed by atoms with van der Waals surface area (Å²) in [6.45, 7) is 4.67. The van der Waals surface area contributed by atoms with Crippen LogP contribution in [0.3, 0.4) is 0 Å². The van der Waals surface area contributed by atoms with Gasteiger partial charge in [-0.2, -0.15) is 0 Å². The molecular formula is C16H23NO6. The first kappa shape index (κ1) is 18.7. The number of hydrogen-bond acceptors (Lipinski definition) is 5. The number of methoxy groups -OCH3 is 1. The van der Waals surface area contributed by atoms with E-state index in [1.54, 1.807) is 0 Å². The van der Waals surface area contributed by atoms with Crippen LogP contribution in [-0.2, 0) is 0 Å². The molecule has 0 saturated heterocycles. The van der Waals surface area contributed by atoms with E-state index in [-0.39, 0.29) is 22.7 Å². The summed E-state index contributed by atoms with van der Waals surface area (Å²) >= 11 is 0. The number of carbonyl (C=O) groups is 1. The molecule has 0 aromatic heterocycles. The van der Waals surface area contributed by atoms with Gasteiger partial charge in [-0.25, -0.2) is 4.79 Å². The van der Waals surface area contributed by atoms with E-state index in [2.05, 4.69) is 13.8 Å². The van der Waals surface area contributed by atoms with Crippen molar-refractivity contribution < 1.29 is 24.3 Å². The summed E-state index contributed by atoms with van der Waals surface area (Å²) < 4.78 is 10.4. The number of hydrogen-bond donors (Lipinski definition) is 1. The number of benzene rings is 1. The molecule has 0 heterocycles. The normalized spacial score (nSPS) is 10.6. The van der Waals surface area contributed by atoms with Crippen molar-refractivity contribution in [1.82, 2.24) is 0 Å². The molecule has 0 radical (unpaired) electrons. The van der Waals surface area contributed by atoms with Gasteiger partial charge < -0.3 is 14.6 Å². The van der Waals surface area contributed by atoms with Crippen LogP contribution < -0.4 is 9.47 Å². The zero-order valence-corrected chi connectivity index (χ0v) is 13.7. The van der Waals surface area contributed by atoms with Gasteiger partial charge in [0.15, 0.2) is 0 Å². The predicted octanol–water partition coefficient (Wildman–Crippen LogP) is 3.90. The third-order valence-corrected chi connectivity index (χ3v) is 3.39. The molecule has 1 aromatic carbocycles. The summed E-state index contributed by atoms with van der Waals surface area (Å²) in [5, 5.41) is 20.2. The number of ether oxygens (including phenoxy) is 2. The lowest BCUT2D eigenvalue weighted by molar-refractivity contribution is -0.385. The highest BCUT2D eigenvalue weighted by Crippen LogP contribution is 2.34. The Kier molecular flexibility index (Phi) is 7.31. The highest BCUT2D eigenvalue weighted by Gasteiger charge is 2.23. The van der Waals surface area contributed by atoms with E-state index in [1.165, 1.54) is 13.2 Å². The van der Waals surface area contributed by atoms with E-state index < -0.39 is 10.9 Å². The molecule has 1 rings (SSSR count). The summed E-state index contributed by atoms with van der Waals surface area (Å²) in [6, 6.07) is 2.23. The summed E-state index contributed by atoms with van der Waals surface area (Å²) in [4.78, 5) is 21.6. The van der Waals surface area contributed by atoms with Crippen LogP contribution in [-0.4, -0.2) is 29.7 Å². The van der Waals surface area contributed by atoms with Crippen molar-refractivity contribution in [3.05, 3.63) is 27.8 Å². The Bertz CT molecular complexity index is 556. The lowest BCUT2D eigenvalue weighted by Gasteiger charge is -2.11. The Morgan fingerprint density at radius 3 is 2.48 bits per heavy atom. The zero-order valence-electron chi connectivity index (χ0n) is 13.7. The molecule has 0 bridgehead atoms. The van der Waals surface area contributed by atoms with E-state index in [1.807, 2.05) is 0 Å². The Hall–Kier alpha value is -2.31. The molecule has 23 heavy (non-hydrogen) atoms. The van der Waals surface area contributed by atoms with E-state index in [0.29, 0.717) is 12.5 Å². The zero-order chi connectivity index (χ0) is 17.4. The molecule has 7 nitrogen and oxygen atoms in total. The van der Waals surface area contributed by atoms with Crippen LogP contribution in [0.15, 0.2) is 12.1 Å². The van der Waals surface area contributed by atoms with E-state index in [4.69, 9.17) is 14.6 Å². The van der Waals surface area contributed by atoms with Crippen LogP contribution in [0.1, 0.15) is 49.9 Å². The van der Waals surface area contributed by atoms with Gasteiger partial charge >= 0.3 is 11.7 Å². The number of rotatable bonds is 10. The van der Waals surface area contributed by atoms with Gasteiger partial charge in [-0.15, -0.1) is 0 Å². The maximum absolute atomic E-state index is 11.1. The number of carboxylic acid groups (broad SMARTS) is 1. The molecule has 0 saturated carbocycles. The van der Waals surface area contributed by atoms with Gasteiger partial charge in [0.2, 0.25) is 5.75 Å². The van der Waals surface area contributed by atoms with E-state index >= 15 is 0 Å². The topological polar surface area (TPSA) is 98.9 Å². The van der Waals surface area contributed by atoms with Gasteiger partial charge in [-0.05, 0) is 12.3 Å². The van der Waals surface area contributed by atoms with Gasteiger partial charge in [0, 0.05) is 12.1 Å². The number of unbranched alkanes of at least 4 members (excludes halogenated alkanes) is 2. The molecule has 0 aliphatic carbocycles. The molecule has 0 spiro atoms. The van der Waals surface area contributed by atoms with Crippen molar-refractivity contribution in [2.75, 3.05) is 13.7 Å². The number of aromatic carboxylic acids is 1. The molecule has 0 unspecified atom stereocenters. The van der Waals surface area contributed by atoms with Crippen LogP contribution in [0, 0.1) is 16.0 Å². The van der Waals surface area contributed by atoms with Gasteiger partial charge in [-0.1, -0.05) is 33.1 Å². The SMILES string of the molecule is COc1cc(OCCCCCC(C)C)c([N+](=O)[O-])cc1C(=O)O. The monoisotopic (exact) mass is 325 g/mol.